The van der Waals surface area contributed by atoms with Crippen molar-refractivity contribution in [3.05, 3.63) is 75.9 Å². The summed E-state index contributed by atoms with van der Waals surface area (Å²) in [4.78, 5) is 48.0. The maximum Gasteiger partial charge on any atom is 0.255 e. The van der Waals surface area contributed by atoms with Gasteiger partial charge in [-0.25, -0.2) is 4.98 Å². The number of aromatic nitrogens is 4. The highest BCUT2D eigenvalue weighted by Gasteiger charge is 2.36. The van der Waals surface area contributed by atoms with Crippen LogP contribution in [0.2, 0.25) is 0 Å². The van der Waals surface area contributed by atoms with Crippen LogP contribution >= 0.6 is 0 Å². The number of H-pyrrole nitrogens is 1. The first-order valence-electron chi connectivity index (χ1n) is 12.4. The molecule has 0 saturated carbocycles. The fraction of sp³-hybridized carbons (Fsp3) is 0.296. The van der Waals surface area contributed by atoms with E-state index in [2.05, 4.69) is 20.4 Å². The third-order valence-corrected chi connectivity index (χ3v) is 6.92. The Balaban J connectivity index is 1.31. The molecule has 10 nitrogen and oxygen atoms in total. The van der Waals surface area contributed by atoms with Crippen LogP contribution in [0.15, 0.2) is 57.9 Å². The lowest BCUT2D eigenvalue weighted by Crippen LogP contribution is -2.29. The van der Waals surface area contributed by atoms with Gasteiger partial charge in [0, 0.05) is 30.3 Å². The third kappa shape index (κ3) is 4.35. The summed E-state index contributed by atoms with van der Waals surface area (Å²) in [6, 6.07) is 12.8. The molecule has 6 rings (SSSR count). The van der Waals surface area contributed by atoms with Gasteiger partial charge in [-0.05, 0) is 62.4 Å². The SMILES string of the molecule is Cc1cccc(N2CC(C(=O)Nc3cc(-c4ccco4)nn3-c3nc4c(c(=O)[nH]3)CCCC4)CC2=O)c1. The summed E-state index contributed by atoms with van der Waals surface area (Å²) in [5, 5.41) is 7.49. The topological polar surface area (TPSA) is 126 Å². The zero-order valence-electron chi connectivity index (χ0n) is 20.4. The highest BCUT2D eigenvalue weighted by molar-refractivity contribution is 6.03. The lowest BCUT2D eigenvalue weighted by molar-refractivity contribution is -0.122. The highest BCUT2D eigenvalue weighted by atomic mass is 16.3. The van der Waals surface area contributed by atoms with Crippen molar-refractivity contribution in [1.82, 2.24) is 19.7 Å². The number of anilines is 2. The van der Waals surface area contributed by atoms with E-state index >= 15 is 0 Å². The number of carbonyl (C=O) groups excluding carboxylic acids is 2. The van der Waals surface area contributed by atoms with Gasteiger partial charge in [-0.15, -0.1) is 0 Å². The molecule has 2 amide bonds. The van der Waals surface area contributed by atoms with Crippen LogP contribution in [0.4, 0.5) is 11.5 Å². The summed E-state index contributed by atoms with van der Waals surface area (Å²) in [6.45, 7) is 2.24. The Morgan fingerprint density at radius 2 is 2.00 bits per heavy atom. The quantitative estimate of drug-likeness (QED) is 0.434. The highest BCUT2D eigenvalue weighted by Crippen LogP contribution is 2.29. The molecule has 3 aromatic heterocycles. The van der Waals surface area contributed by atoms with Gasteiger partial charge in [0.15, 0.2) is 5.76 Å². The molecule has 2 N–H and O–H groups in total. The number of hydrogen-bond donors (Lipinski definition) is 2. The monoisotopic (exact) mass is 498 g/mol. The molecule has 0 spiro atoms. The van der Waals surface area contributed by atoms with Crippen molar-refractivity contribution in [2.45, 2.75) is 39.0 Å². The molecule has 1 aromatic carbocycles. The third-order valence-electron chi connectivity index (χ3n) is 6.92. The van der Waals surface area contributed by atoms with Gasteiger partial charge in [-0.2, -0.15) is 9.78 Å². The molecule has 37 heavy (non-hydrogen) atoms. The van der Waals surface area contributed by atoms with Gasteiger partial charge in [0.25, 0.3) is 5.56 Å². The van der Waals surface area contributed by atoms with Crippen LogP contribution in [0, 0.1) is 12.8 Å². The Morgan fingerprint density at radius 1 is 1.14 bits per heavy atom. The molecule has 1 fully saturated rings. The van der Waals surface area contributed by atoms with Crippen LogP contribution in [0.5, 0.6) is 0 Å². The van der Waals surface area contributed by atoms with Crippen LogP contribution in [-0.4, -0.2) is 38.1 Å². The first kappa shape index (κ1) is 23.0. The van der Waals surface area contributed by atoms with Gasteiger partial charge >= 0.3 is 0 Å². The number of nitrogens with zero attached hydrogens (tertiary/aromatic N) is 4. The van der Waals surface area contributed by atoms with Crippen LogP contribution in [0.3, 0.4) is 0 Å². The first-order valence-corrected chi connectivity index (χ1v) is 12.4. The Bertz CT molecular complexity index is 1550. The van der Waals surface area contributed by atoms with E-state index in [1.54, 1.807) is 23.1 Å². The Hall–Kier alpha value is -4.47. The summed E-state index contributed by atoms with van der Waals surface area (Å²) in [6.07, 6.45) is 4.99. The Labute approximate surface area is 212 Å². The zero-order valence-corrected chi connectivity index (χ0v) is 20.4. The van der Waals surface area contributed by atoms with Crippen LogP contribution in [0.25, 0.3) is 17.4 Å². The number of hydrogen-bond acceptors (Lipinski definition) is 6. The van der Waals surface area contributed by atoms with Gasteiger partial charge in [0.1, 0.15) is 11.5 Å². The second-order valence-electron chi connectivity index (χ2n) is 9.56. The van der Waals surface area contributed by atoms with E-state index in [9.17, 15) is 14.4 Å². The molecular formula is C27H26N6O4. The number of furan rings is 1. The number of aromatic amines is 1. The van der Waals surface area contributed by atoms with E-state index in [1.165, 1.54) is 10.9 Å². The average molecular weight is 499 g/mol. The summed E-state index contributed by atoms with van der Waals surface area (Å²) >= 11 is 0. The van der Waals surface area contributed by atoms with Gasteiger partial charge < -0.3 is 14.6 Å². The van der Waals surface area contributed by atoms with Gasteiger partial charge in [-0.1, -0.05) is 12.1 Å². The van der Waals surface area contributed by atoms with E-state index < -0.39 is 5.92 Å². The number of amides is 2. The fourth-order valence-electron chi connectivity index (χ4n) is 5.02. The van der Waals surface area contributed by atoms with E-state index in [0.29, 0.717) is 29.3 Å². The van der Waals surface area contributed by atoms with E-state index in [4.69, 9.17) is 4.42 Å². The summed E-state index contributed by atoms with van der Waals surface area (Å²) in [5.41, 5.74) is 3.57. The maximum atomic E-state index is 13.3. The smallest absolute Gasteiger partial charge is 0.255 e. The molecule has 1 aliphatic carbocycles. The van der Waals surface area contributed by atoms with Crippen molar-refractivity contribution in [1.29, 1.82) is 0 Å². The minimum atomic E-state index is -0.543. The first-order chi connectivity index (χ1) is 18.0. The second kappa shape index (κ2) is 9.20. The molecule has 188 valence electrons. The lowest BCUT2D eigenvalue weighted by Gasteiger charge is -2.17. The number of rotatable bonds is 5. The maximum absolute atomic E-state index is 13.3. The predicted molar refractivity (Wildman–Crippen MR) is 137 cm³/mol. The number of nitrogens with one attached hydrogen (secondary N) is 2. The van der Waals surface area contributed by atoms with Crippen LogP contribution in [-0.2, 0) is 22.4 Å². The molecule has 0 radical (unpaired) electrons. The van der Waals surface area contributed by atoms with Crippen LogP contribution in [0.1, 0.15) is 36.1 Å². The molecular weight excluding hydrogens is 472 g/mol. The second-order valence-corrected chi connectivity index (χ2v) is 9.56. The fourth-order valence-corrected chi connectivity index (χ4v) is 5.02. The molecule has 10 heteroatoms. The average Bonchev–Trinajstić information content (AvgIpc) is 3.64. The van der Waals surface area contributed by atoms with E-state index in [1.807, 2.05) is 31.2 Å². The Morgan fingerprint density at radius 3 is 2.81 bits per heavy atom. The normalized spacial score (nSPS) is 17.2. The minimum absolute atomic E-state index is 0.101. The van der Waals surface area contributed by atoms with E-state index in [0.717, 1.165) is 36.2 Å². The molecule has 0 bridgehead atoms. The molecule has 4 heterocycles. The van der Waals surface area contributed by atoms with Crippen molar-refractivity contribution < 1.29 is 14.0 Å². The van der Waals surface area contributed by atoms with Crippen molar-refractivity contribution in [2.24, 2.45) is 5.92 Å². The number of benzene rings is 1. The standard InChI is InChI=1S/C27H26N6O4/c1-16-6-4-7-18(12-16)32-15-17(13-24(32)34)25(35)29-23-14-21(22-10-5-11-37-22)31-33(23)27-28-20-9-3-2-8-19(20)26(36)30-27/h4-7,10-12,14,17H,2-3,8-9,13,15H2,1H3,(H,29,35)(H,28,30,36). The minimum Gasteiger partial charge on any atom is -0.463 e. The van der Waals surface area contributed by atoms with Crippen molar-refractivity contribution >= 4 is 23.3 Å². The van der Waals surface area contributed by atoms with Crippen molar-refractivity contribution in [3.8, 4) is 17.4 Å². The van der Waals surface area contributed by atoms with Gasteiger partial charge in [0.2, 0.25) is 17.8 Å². The van der Waals surface area contributed by atoms with Crippen molar-refractivity contribution in [3.63, 3.8) is 0 Å². The largest absolute Gasteiger partial charge is 0.463 e. The molecule has 1 aliphatic heterocycles. The van der Waals surface area contributed by atoms with Crippen molar-refractivity contribution in [2.75, 3.05) is 16.8 Å². The number of carbonyl (C=O) groups is 2. The lowest BCUT2D eigenvalue weighted by atomic mass is 9.97. The zero-order chi connectivity index (χ0) is 25.5. The predicted octanol–water partition coefficient (Wildman–Crippen LogP) is 3.39. The molecule has 1 unspecified atom stereocenters. The van der Waals surface area contributed by atoms with Crippen LogP contribution < -0.4 is 15.8 Å². The van der Waals surface area contributed by atoms with Gasteiger partial charge in [0.05, 0.1) is 17.9 Å². The number of fused-ring (bicyclic) bond motifs is 1. The molecule has 1 saturated heterocycles. The summed E-state index contributed by atoms with van der Waals surface area (Å²) < 4.78 is 6.92. The summed E-state index contributed by atoms with van der Waals surface area (Å²) in [5.74, 6) is 0.113. The summed E-state index contributed by atoms with van der Waals surface area (Å²) in [7, 11) is 0. The van der Waals surface area contributed by atoms with Gasteiger partial charge in [-0.3, -0.25) is 19.4 Å². The molecule has 1 atom stereocenters. The Kier molecular flexibility index (Phi) is 5.71. The molecule has 4 aromatic rings. The molecule has 2 aliphatic rings. The number of aryl methyl sites for hydroxylation is 2. The van der Waals surface area contributed by atoms with E-state index in [-0.39, 0.29) is 36.3 Å².